The molecule has 0 rings (SSSR count). The molecule has 2 N–H and O–H groups in total. The number of amides is 1. The van der Waals surface area contributed by atoms with Gasteiger partial charge in [0.1, 0.15) is 0 Å². The first-order chi connectivity index (χ1) is 7.61. The van der Waals surface area contributed by atoms with E-state index in [0.717, 1.165) is 0 Å². The number of hydrogen-bond donors (Lipinski definition) is 2. The van der Waals surface area contributed by atoms with Gasteiger partial charge in [-0.2, -0.15) is 0 Å². The standard InChI is InChI=1S/C11H24N2O3/c1-9(10(2)16-4)12-6-5-11(14)13-7-8-15-3/h9-10,12H,5-8H2,1-4H3,(H,13,14). The number of rotatable bonds is 9. The lowest BCUT2D eigenvalue weighted by Crippen LogP contribution is -2.39. The highest BCUT2D eigenvalue weighted by Gasteiger charge is 2.10. The molecule has 0 bridgehead atoms. The molecule has 16 heavy (non-hydrogen) atoms. The molecule has 0 saturated heterocycles. The smallest absolute Gasteiger partial charge is 0.221 e. The van der Waals surface area contributed by atoms with Crippen LogP contribution in [0.2, 0.25) is 0 Å². The van der Waals surface area contributed by atoms with Crippen LogP contribution in [0.3, 0.4) is 0 Å². The van der Waals surface area contributed by atoms with E-state index < -0.39 is 0 Å². The molecule has 2 atom stereocenters. The van der Waals surface area contributed by atoms with Crippen molar-refractivity contribution in [2.24, 2.45) is 0 Å². The molecule has 0 aliphatic heterocycles. The third-order valence-electron chi connectivity index (χ3n) is 2.52. The minimum atomic E-state index is 0.0434. The van der Waals surface area contributed by atoms with Gasteiger partial charge in [0.15, 0.2) is 0 Å². The third kappa shape index (κ3) is 7.62. The Morgan fingerprint density at radius 3 is 2.50 bits per heavy atom. The summed E-state index contributed by atoms with van der Waals surface area (Å²) in [5, 5.41) is 6.00. The van der Waals surface area contributed by atoms with E-state index in [4.69, 9.17) is 9.47 Å². The largest absolute Gasteiger partial charge is 0.383 e. The summed E-state index contributed by atoms with van der Waals surface area (Å²) < 4.78 is 10.0. The SMILES string of the molecule is COCCNC(=O)CCNC(C)C(C)OC. The zero-order chi connectivity index (χ0) is 12.4. The Balaban J connectivity index is 3.46. The summed E-state index contributed by atoms with van der Waals surface area (Å²) in [5.41, 5.74) is 0. The molecule has 0 aliphatic carbocycles. The van der Waals surface area contributed by atoms with Crippen LogP contribution in [-0.4, -0.2) is 52.0 Å². The second kappa shape index (κ2) is 9.57. The van der Waals surface area contributed by atoms with E-state index in [0.29, 0.717) is 26.1 Å². The maximum atomic E-state index is 11.3. The fourth-order valence-corrected chi connectivity index (χ4v) is 1.16. The number of methoxy groups -OCH3 is 2. The molecule has 0 aromatic carbocycles. The molecular formula is C11H24N2O3. The highest BCUT2D eigenvalue weighted by Crippen LogP contribution is 1.95. The van der Waals surface area contributed by atoms with Crippen molar-refractivity contribution in [1.29, 1.82) is 0 Å². The summed E-state index contributed by atoms with van der Waals surface area (Å²) in [6.45, 7) is 5.82. The first-order valence-corrected chi connectivity index (χ1v) is 5.63. The van der Waals surface area contributed by atoms with Crippen LogP contribution in [0.1, 0.15) is 20.3 Å². The van der Waals surface area contributed by atoms with Crippen LogP contribution in [0.4, 0.5) is 0 Å². The van der Waals surface area contributed by atoms with Crippen LogP contribution < -0.4 is 10.6 Å². The van der Waals surface area contributed by atoms with Crippen molar-refractivity contribution in [3.05, 3.63) is 0 Å². The molecule has 0 spiro atoms. The van der Waals surface area contributed by atoms with Gasteiger partial charge in [0.2, 0.25) is 5.91 Å². The Morgan fingerprint density at radius 2 is 1.94 bits per heavy atom. The average molecular weight is 232 g/mol. The van der Waals surface area contributed by atoms with Crippen molar-refractivity contribution in [3.63, 3.8) is 0 Å². The molecule has 0 aromatic heterocycles. The van der Waals surface area contributed by atoms with Gasteiger partial charge in [-0.3, -0.25) is 4.79 Å². The Hall–Kier alpha value is -0.650. The molecule has 96 valence electrons. The Bertz CT molecular complexity index is 188. The van der Waals surface area contributed by atoms with E-state index in [2.05, 4.69) is 10.6 Å². The van der Waals surface area contributed by atoms with Crippen LogP contribution >= 0.6 is 0 Å². The number of ether oxygens (including phenoxy) is 2. The lowest BCUT2D eigenvalue weighted by Gasteiger charge is -2.19. The van der Waals surface area contributed by atoms with Gasteiger partial charge in [0.25, 0.3) is 0 Å². The van der Waals surface area contributed by atoms with Crippen molar-refractivity contribution < 1.29 is 14.3 Å². The third-order valence-corrected chi connectivity index (χ3v) is 2.52. The quantitative estimate of drug-likeness (QED) is 0.556. The summed E-state index contributed by atoms with van der Waals surface area (Å²) in [6.07, 6.45) is 0.626. The van der Waals surface area contributed by atoms with Crippen LogP contribution in [0.5, 0.6) is 0 Å². The average Bonchev–Trinajstić information content (AvgIpc) is 2.28. The van der Waals surface area contributed by atoms with Crippen molar-refractivity contribution in [3.8, 4) is 0 Å². The molecular weight excluding hydrogens is 208 g/mol. The number of hydrogen-bond acceptors (Lipinski definition) is 4. The van der Waals surface area contributed by atoms with E-state index in [1.54, 1.807) is 14.2 Å². The van der Waals surface area contributed by atoms with Gasteiger partial charge in [-0.25, -0.2) is 0 Å². The zero-order valence-electron chi connectivity index (χ0n) is 10.7. The molecule has 0 saturated carbocycles. The monoisotopic (exact) mass is 232 g/mol. The molecule has 1 amide bonds. The lowest BCUT2D eigenvalue weighted by atomic mass is 10.2. The second-order valence-electron chi connectivity index (χ2n) is 3.78. The normalized spacial score (nSPS) is 14.5. The van der Waals surface area contributed by atoms with E-state index in [-0.39, 0.29) is 18.1 Å². The number of carbonyl (C=O) groups excluding carboxylic acids is 1. The maximum absolute atomic E-state index is 11.3. The minimum Gasteiger partial charge on any atom is -0.383 e. The van der Waals surface area contributed by atoms with Crippen molar-refractivity contribution in [1.82, 2.24) is 10.6 Å². The zero-order valence-corrected chi connectivity index (χ0v) is 10.7. The van der Waals surface area contributed by atoms with E-state index in [1.165, 1.54) is 0 Å². The highest BCUT2D eigenvalue weighted by molar-refractivity contribution is 5.76. The van der Waals surface area contributed by atoms with E-state index in [1.807, 2.05) is 13.8 Å². The van der Waals surface area contributed by atoms with E-state index in [9.17, 15) is 4.79 Å². The van der Waals surface area contributed by atoms with Crippen molar-refractivity contribution >= 4 is 5.91 Å². The molecule has 0 radical (unpaired) electrons. The summed E-state index contributed by atoms with van der Waals surface area (Å²) in [6, 6.07) is 0.247. The van der Waals surface area contributed by atoms with Gasteiger partial charge >= 0.3 is 0 Å². The van der Waals surface area contributed by atoms with Crippen LogP contribution in [0.25, 0.3) is 0 Å². The molecule has 2 unspecified atom stereocenters. The molecule has 5 nitrogen and oxygen atoms in total. The second-order valence-corrected chi connectivity index (χ2v) is 3.78. The van der Waals surface area contributed by atoms with Crippen LogP contribution in [0, 0.1) is 0 Å². The highest BCUT2D eigenvalue weighted by atomic mass is 16.5. The summed E-state index contributed by atoms with van der Waals surface area (Å²) in [7, 11) is 3.29. The van der Waals surface area contributed by atoms with Crippen molar-refractivity contribution in [2.75, 3.05) is 33.9 Å². The maximum Gasteiger partial charge on any atom is 0.221 e. The van der Waals surface area contributed by atoms with Gasteiger partial charge in [-0.15, -0.1) is 0 Å². The summed E-state index contributed by atoms with van der Waals surface area (Å²) in [5.74, 6) is 0.0434. The summed E-state index contributed by atoms with van der Waals surface area (Å²) in [4.78, 5) is 11.3. The lowest BCUT2D eigenvalue weighted by molar-refractivity contribution is -0.121. The fourth-order valence-electron chi connectivity index (χ4n) is 1.16. The van der Waals surface area contributed by atoms with Gasteiger partial charge < -0.3 is 20.1 Å². The first kappa shape index (κ1) is 15.3. The number of nitrogens with one attached hydrogen (secondary N) is 2. The first-order valence-electron chi connectivity index (χ1n) is 5.63. The number of carbonyl (C=O) groups is 1. The van der Waals surface area contributed by atoms with Crippen LogP contribution in [0.15, 0.2) is 0 Å². The Labute approximate surface area is 97.9 Å². The molecule has 0 aliphatic rings. The van der Waals surface area contributed by atoms with Crippen molar-refractivity contribution in [2.45, 2.75) is 32.4 Å². The van der Waals surface area contributed by atoms with Crippen LogP contribution in [-0.2, 0) is 14.3 Å². The Kier molecular flexibility index (Phi) is 9.18. The Morgan fingerprint density at radius 1 is 1.25 bits per heavy atom. The molecule has 0 fully saturated rings. The fraction of sp³-hybridized carbons (Fsp3) is 0.909. The summed E-state index contributed by atoms with van der Waals surface area (Å²) >= 11 is 0. The van der Waals surface area contributed by atoms with Gasteiger partial charge in [0, 0.05) is 39.8 Å². The minimum absolute atomic E-state index is 0.0434. The molecule has 0 heterocycles. The van der Waals surface area contributed by atoms with Gasteiger partial charge in [-0.05, 0) is 13.8 Å². The predicted molar refractivity (Wildman–Crippen MR) is 63.4 cm³/mol. The van der Waals surface area contributed by atoms with Gasteiger partial charge in [0.05, 0.1) is 12.7 Å². The van der Waals surface area contributed by atoms with E-state index >= 15 is 0 Å². The van der Waals surface area contributed by atoms with Gasteiger partial charge in [-0.1, -0.05) is 0 Å². The predicted octanol–water partition coefficient (Wildman–Crippen LogP) is 0.152. The topological polar surface area (TPSA) is 59.6 Å². The molecule has 5 heteroatoms. The molecule has 0 aromatic rings.